The fourth-order valence-corrected chi connectivity index (χ4v) is 2.38. The quantitative estimate of drug-likeness (QED) is 0.776. The zero-order chi connectivity index (χ0) is 11.7. The number of carbonyl (C=O) groups excluding carboxylic acids is 2. The maximum absolute atomic E-state index is 11.5. The standard InChI is InChI=1S/C11H19NO3/c1-8(13)11(5-4-6-11)7-10(2,3)15-9(12)14/h4-7H2,1-3H3,(H2,12,14). The average Bonchev–Trinajstić information content (AvgIpc) is 1.93. The van der Waals surface area contributed by atoms with Crippen LogP contribution in [0.5, 0.6) is 0 Å². The van der Waals surface area contributed by atoms with Crippen molar-refractivity contribution in [2.75, 3.05) is 0 Å². The summed E-state index contributed by atoms with van der Waals surface area (Å²) in [5, 5.41) is 0. The molecule has 0 saturated heterocycles. The second-order valence-corrected chi connectivity index (χ2v) is 5.05. The molecule has 4 nitrogen and oxygen atoms in total. The molecular formula is C11H19NO3. The van der Waals surface area contributed by atoms with Gasteiger partial charge in [0.25, 0.3) is 0 Å². The van der Waals surface area contributed by atoms with Gasteiger partial charge in [0.05, 0.1) is 0 Å². The van der Waals surface area contributed by atoms with Crippen LogP contribution in [0.4, 0.5) is 4.79 Å². The first-order valence-electron chi connectivity index (χ1n) is 5.27. The molecule has 0 heterocycles. The topological polar surface area (TPSA) is 69.4 Å². The summed E-state index contributed by atoms with van der Waals surface area (Å²) in [5.74, 6) is 0.190. The van der Waals surface area contributed by atoms with E-state index in [1.54, 1.807) is 20.8 Å². The van der Waals surface area contributed by atoms with E-state index in [-0.39, 0.29) is 11.2 Å². The molecule has 4 heteroatoms. The molecule has 2 N–H and O–H groups in total. The first-order valence-corrected chi connectivity index (χ1v) is 5.27. The molecule has 1 rings (SSSR count). The molecule has 1 saturated carbocycles. The Morgan fingerprint density at radius 3 is 2.20 bits per heavy atom. The van der Waals surface area contributed by atoms with Gasteiger partial charge >= 0.3 is 6.09 Å². The lowest BCUT2D eigenvalue weighted by molar-refractivity contribution is -0.136. The van der Waals surface area contributed by atoms with Crippen LogP contribution in [0.15, 0.2) is 0 Å². The van der Waals surface area contributed by atoms with Crippen LogP contribution in [0, 0.1) is 5.41 Å². The number of ketones is 1. The number of nitrogens with two attached hydrogens (primary N) is 1. The molecule has 1 fully saturated rings. The van der Waals surface area contributed by atoms with E-state index in [9.17, 15) is 9.59 Å². The lowest BCUT2D eigenvalue weighted by Gasteiger charge is -2.44. The highest BCUT2D eigenvalue weighted by atomic mass is 16.6. The highest BCUT2D eigenvalue weighted by Gasteiger charge is 2.46. The third kappa shape index (κ3) is 2.70. The minimum absolute atomic E-state index is 0.190. The molecule has 1 aliphatic carbocycles. The number of hydrogen-bond acceptors (Lipinski definition) is 3. The summed E-state index contributed by atoms with van der Waals surface area (Å²) in [5.41, 5.74) is 4.05. The number of primary amides is 1. The Kier molecular flexibility index (Phi) is 3.07. The predicted octanol–water partition coefficient (Wildman–Crippen LogP) is 2.01. The Bertz CT molecular complexity index is 280. The van der Waals surface area contributed by atoms with Crippen molar-refractivity contribution in [1.29, 1.82) is 0 Å². The maximum Gasteiger partial charge on any atom is 0.405 e. The Hall–Kier alpha value is -1.06. The summed E-state index contributed by atoms with van der Waals surface area (Å²) in [4.78, 5) is 22.2. The summed E-state index contributed by atoms with van der Waals surface area (Å²) in [7, 11) is 0. The van der Waals surface area contributed by atoms with Crippen LogP contribution in [0.3, 0.4) is 0 Å². The average molecular weight is 213 g/mol. The van der Waals surface area contributed by atoms with Crippen molar-refractivity contribution in [3.8, 4) is 0 Å². The molecule has 0 unspecified atom stereocenters. The van der Waals surface area contributed by atoms with Gasteiger partial charge in [0, 0.05) is 5.41 Å². The molecule has 0 aromatic heterocycles. The van der Waals surface area contributed by atoms with Gasteiger partial charge in [-0.1, -0.05) is 6.42 Å². The number of Topliss-reactive ketones (excluding diaryl/α,β-unsaturated/α-hetero) is 1. The van der Waals surface area contributed by atoms with Gasteiger partial charge in [0.2, 0.25) is 0 Å². The van der Waals surface area contributed by atoms with Gasteiger partial charge in [-0.25, -0.2) is 4.79 Å². The van der Waals surface area contributed by atoms with E-state index in [0.717, 1.165) is 19.3 Å². The Morgan fingerprint density at radius 2 is 1.93 bits per heavy atom. The Morgan fingerprint density at radius 1 is 1.40 bits per heavy atom. The van der Waals surface area contributed by atoms with Crippen LogP contribution in [0.25, 0.3) is 0 Å². The number of rotatable bonds is 4. The van der Waals surface area contributed by atoms with E-state index in [0.29, 0.717) is 6.42 Å². The van der Waals surface area contributed by atoms with Crippen LogP contribution in [-0.4, -0.2) is 17.5 Å². The summed E-state index contributed by atoms with van der Waals surface area (Å²) < 4.78 is 5.01. The Labute approximate surface area is 90.2 Å². The first-order chi connectivity index (χ1) is 6.77. The number of carbonyl (C=O) groups is 2. The lowest BCUT2D eigenvalue weighted by Crippen LogP contribution is -2.45. The van der Waals surface area contributed by atoms with Crippen LogP contribution < -0.4 is 5.73 Å². The molecule has 0 aliphatic heterocycles. The van der Waals surface area contributed by atoms with Crippen LogP contribution in [-0.2, 0) is 9.53 Å². The van der Waals surface area contributed by atoms with Crippen molar-refractivity contribution < 1.29 is 14.3 Å². The predicted molar refractivity (Wildman–Crippen MR) is 56.3 cm³/mol. The highest BCUT2D eigenvalue weighted by Crippen LogP contribution is 2.48. The van der Waals surface area contributed by atoms with E-state index in [1.807, 2.05) is 0 Å². The van der Waals surface area contributed by atoms with Crippen molar-refractivity contribution in [2.24, 2.45) is 11.1 Å². The van der Waals surface area contributed by atoms with Gasteiger partial charge in [-0.3, -0.25) is 4.79 Å². The smallest absolute Gasteiger partial charge is 0.405 e. The third-order valence-corrected chi connectivity index (χ3v) is 3.20. The summed E-state index contributed by atoms with van der Waals surface area (Å²) in [6.45, 7) is 5.20. The molecule has 0 radical (unpaired) electrons. The molecular weight excluding hydrogens is 194 g/mol. The van der Waals surface area contributed by atoms with Crippen molar-refractivity contribution in [3.63, 3.8) is 0 Å². The van der Waals surface area contributed by atoms with Crippen molar-refractivity contribution >= 4 is 11.9 Å². The number of amides is 1. The summed E-state index contributed by atoms with van der Waals surface area (Å²) in [6.07, 6.45) is 2.66. The molecule has 86 valence electrons. The van der Waals surface area contributed by atoms with E-state index in [2.05, 4.69) is 0 Å². The largest absolute Gasteiger partial charge is 0.444 e. The molecule has 0 aromatic carbocycles. The van der Waals surface area contributed by atoms with Gasteiger partial charge in [-0.2, -0.15) is 0 Å². The van der Waals surface area contributed by atoms with Gasteiger partial charge in [0.15, 0.2) is 0 Å². The Balaban J connectivity index is 2.66. The molecule has 15 heavy (non-hydrogen) atoms. The van der Waals surface area contributed by atoms with E-state index < -0.39 is 11.7 Å². The summed E-state index contributed by atoms with van der Waals surface area (Å²) in [6, 6.07) is 0. The molecule has 0 atom stereocenters. The fraction of sp³-hybridized carbons (Fsp3) is 0.818. The zero-order valence-corrected chi connectivity index (χ0v) is 9.63. The molecule has 1 amide bonds. The van der Waals surface area contributed by atoms with Gasteiger partial charge in [-0.05, 0) is 40.0 Å². The van der Waals surface area contributed by atoms with Crippen LogP contribution in [0.1, 0.15) is 46.5 Å². The SMILES string of the molecule is CC(=O)C1(CC(C)(C)OC(N)=O)CCC1. The number of ether oxygens (including phenoxy) is 1. The van der Waals surface area contributed by atoms with E-state index in [1.165, 1.54) is 0 Å². The third-order valence-electron chi connectivity index (χ3n) is 3.20. The minimum Gasteiger partial charge on any atom is -0.444 e. The summed E-state index contributed by atoms with van der Waals surface area (Å²) >= 11 is 0. The van der Waals surface area contributed by atoms with Gasteiger partial charge < -0.3 is 10.5 Å². The van der Waals surface area contributed by atoms with Crippen LogP contribution in [0.2, 0.25) is 0 Å². The van der Waals surface area contributed by atoms with Crippen LogP contribution >= 0.6 is 0 Å². The normalized spacial score (nSPS) is 19.1. The van der Waals surface area contributed by atoms with Crippen molar-refractivity contribution in [2.45, 2.75) is 52.1 Å². The maximum atomic E-state index is 11.5. The minimum atomic E-state index is -0.780. The molecule has 0 spiro atoms. The highest BCUT2D eigenvalue weighted by molar-refractivity contribution is 5.83. The van der Waals surface area contributed by atoms with E-state index >= 15 is 0 Å². The first kappa shape index (κ1) is 12.0. The van der Waals surface area contributed by atoms with Crippen molar-refractivity contribution in [3.05, 3.63) is 0 Å². The van der Waals surface area contributed by atoms with E-state index in [4.69, 9.17) is 10.5 Å². The molecule has 1 aliphatic rings. The molecule has 0 bridgehead atoms. The lowest BCUT2D eigenvalue weighted by atomic mass is 9.61. The second kappa shape index (κ2) is 3.83. The second-order valence-electron chi connectivity index (χ2n) is 5.05. The van der Waals surface area contributed by atoms with Gasteiger partial charge in [0.1, 0.15) is 11.4 Å². The number of hydrogen-bond donors (Lipinski definition) is 1. The molecule has 0 aromatic rings. The fourth-order valence-electron chi connectivity index (χ4n) is 2.38. The van der Waals surface area contributed by atoms with Crippen molar-refractivity contribution in [1.82, 2.24) is 0 Å². The monoisotopic (exact) mass is 213 g/mol. The van der Waals surface area contributed by atoms with Gasteiger partial charge in [-0.15, -0.1) is 0 Å². The zero-order valence-electron chi connectivity index (χ0n) is 9.63.